The summed E-state index contributed by atoms with van der Waals surface area (Å²) in [5, 5.41) is 18.8. The van der Waals surface area contributed by atoms with Gasteiger partial charge in [0.15, 0.2) is 0 Å². The van der Waals surface area contributed by atoms with E-state index in [1.807, 2.05) is 0 Å². The summed E-state index contributed by atoms with van der Waals surface area (Å²) in [7, 11) is 0. The number of carbonyl (C=O) groups is 1. The van der Waals surface area contributed by atoms with Gasteiger partial charge in [-0.05, 0) is 34.5 Å². The van der Waals surface area contributed by atoms with Gasteiger partial charge in [0, 0.05) is 11.6 Å². The van der Waals surface area contributed by atoms with Gasteiger partial charge in [0.2, 0.25) is 0 Å². The first-order valence-electron chi connectivity index (χ1n) is 4.60. The summed E-state index contributed by atoms with van der Waals surface area (Å²) in [6, 6.07) is 2.30. The van der Waals surface area contributed by atoms with Crippen LogP contribution in [0.5, 0.6) is 5.75 Å². The molecule has 0 radical (unpaired) electrons. The summed E-state index contributed by atoms with van der Waals surface area (Å²) in [6.45, 7) is 3.53. The number of phenolic OH excluding ortho intramolecular Hbond substituents is 1. The van der Waals surface area contributed by atoms with Crippen molar-refractivity contribution >= 4 is 21.9 Å². The fraction of sp³-hybridized carbons (Fsp3) is 0.182. The highest BCUT2D eigenvalue weighted by atomic mass is 79.9. The highest BCUT2D eigenvalue weighted by molar-refractivity contribution is 9.10. The Labute approximate surface area is 102 Å². The van der Waals surface area contributed by atoms with Crippen LogP contribution >= 0.6 is 15.9 Å². The van der Waals surface area contributed by atoms with Crippen LogP contribution in [0.1, 0.15) is 28.4 Å². The van der Waals surface area contributed by atoms with Crippen LogP contribution in [-0.2, 0) is 0 Å². The number of halogens is 1. The third-order valence-electron chi connectivity index (χ3n) is 2.19. The predicted molar refractivity (Wildman–Crippen MR) is 64.5 cm³/mol. The Kier molecular flexibility index (Phi) is 4.09. The Hall–Kier alpha value is -1.33. The van der Waals surface area contributed by atoms with Crippen LogP contribution < -0.4 is 5.73 Å². The Morgan fingerprint density at radius 2 is 2.25 bits per heavy atom. The van der Waals surface area contributed by atoms with E-state index in [0.29, 0.717) is 10.9 Å². The summed E-state index contributed by atoms with van der Waals surface area (Å²) in [4.78, 5) is 11.0. The summed E-state index contributed by atoms with van der Waals surface area (Å²) >= 11 is 3.12. The fourth-order valence-corrected chi connectivity index (χ4v) is 1.79. The molecule has 1 aromatic rings. The highest BCUT2D eigenvalue weighted by Gasteiger charge is 2.20. The smallest absolute Gasteiger partial charge is 0.336 e. The number of carboxylic acids is 1. The largest absolute Gasteiger partial charge is 0.506 e. The van der Waals surface area contributed by atoms with Crippen LogP contribution in [0.25, 0.3) is 0 Å². The lowest BCUT2D eigenvalue weighted by molar-refractivity contribution is 0.0694. The van der Waals surface area contributed by atoms with Crippen molar-refractivity contribution in [3.63, 3.8) is 0 Å². The molecule has 0 spiro atoms. The van der Waals surface area contributed by atoms with E-state index in [1.54, 1.807) is 6.08 Å². The molecule has 0 saturated heterocycles. The van der Waals surface area contributed by atoms with Gasteiger partial charge in [-0.25, -0.2) is 4.79 Å². The van der Waals surface area contributed by atoms with E-state index in [4.69, 9.17) is 10.8 Å². The minimum Gasteiger partial charge on any atom is -0.506 e. The maximum Gasteiger partial charge on any atom is 0.336 e. The molecule has 86 valence electrons. The molecule has 16 heavy (non-hydrogen) atoms. The molecule has 0 bridgehead atoms. The second kappa shape index (κ2) is 5.14. The first-order chi connectivity index (χ1) is 7.49. The van der Waals surface area contributed by atoms with E-state index in [-0.39, 0.29) is 16.9 Å². The second-order valence-corrected chi connectivity index (χ2v) is 4.15. The normalized spacial score (nSPS) is 12.1. The molecule has 0 amide bonds. The molecule has 0 unspecified atom stereocenters. The van der Waals surface area contributed by atoms with Crippen LogP contribution in [0.15, 0.2) is 29.3 Å². The molecule has 1 rings (SSSR count). The van der Waals surface area contributed by atoms with Crippen molar-refractivity contribution in [2.75, 3.05) is 0 Å². The number of nitrogens with two attached hydrogens (primary N) is 1. The van der Waals surface area contributed by atoms with E-state index in [1.165, 1.54) is 12.1 Å². The number of rotatable bonds is 4. The molecule has 0 saturated carbocycles. The number of hydrogen-bond acceptors (Lipinski definition) is 3. The van der Waals surface area contributed by atoms with E-state index in [2.05, 4.69) is 22.5 Å². The minimum atomic E-state index is -1.11. The van der Waals surface area contributed by atoms with Gasteiger partial charge in [-0.15, -0.1) is 6.58 Å². The van der Waals surface area contributed by atoms with Crippen molar-refractivity contribution in [3.05, 3.63) is 40.4 Å². The Morgan fingerprint density at radius 3 is 2.75 bits per heavy atom. The molecular formula is C11H12BrNO3. The second-order valence-electron chi connectivity index (χ2n) is 3.29. The lowest BCUT2D eigenvalue weighted by atomic mass is 9.97. The number of carboxylic acid groups (broad SMARTS) is 1. The third-order valence-corrected chi connectivity index (χ3v) is 2.83. The van der Waals surface area contributed by atoms with Gasteiger partial charge >= 0.3 is 5.97 Å². The summed E-state index contributed by atoms with van der Waals surface area (Å²) in [5.41, 5.74) is 6.03. The first-order valence-corrected chi connectivity index (χ1v) is 5.39. The number of phenols is 1. The molecule has 4 N–H and O–H groups in total. The van der Waals surface area contributed by atoms with Gasteiger partial charge in [-0.3, -0.25) is 0 Å². The molecule has 0 heterocycles. The van der Waals surface area contributed by atoms with Crippen LogP contribution in [-0.4, -0.2) is 16.2 Å². The van der Waals surface area contributed by atoms with Crippen molar-refractivity contribution in [1.29, 1.82) is 0 Å². The molecule has 0 aromatic heterocycles. The number of hydrogen-bond donors (Lipinski definition) is 3. The Balaban J connectivity index is 3.36. The number of benzene rings is 1. The molecule has 4 nitrogen and oxygen atoms in total. The molecule has 0 aliphatic rings. The monoisotopic (exact) mass is 285 g/mol. The predicted octanol–water partition coefficient (Wildman–Crippen LogP) is 2.43. The first kappa shape index (κ1) is 12.7. The third kappa shape index (κ3) is 2.43. The summed E-state index contributed by atoms with van der Waals surface area (Å²) < 4.78 is 0.423. The van der Waals surface area contributed by atoms with Crippen molar-refractivity contribution in [2.45, 2.75) is 12.5 Å². The standard InChI is InChI=1S/C11H12BrNO3/c1-2-3-8(13)9-6(11(15)16)4-5-7(12)10(9)14/h2,4-5,8,14H,1,3,13H2,(H,15,16)/t8-/m1/s1. The van der Waals surface area contributed by atoms with Gasteiger partial charge in [0.05, 0.1) is 10.0 Å². The van der Waals surface area contributed by atoms with Crippen LogP contribution in [0.2, 0.25) is 0 Å². The van der Waals surface area contributed by atoms with E-state index < -0.39 is 12.0 Å². The topological polar surface area (TPSA) is 83.6 Å². The molecule has 0 fully saturated rings. The van der Waals surface area contributed by atoms with E-state index in [0.717, 1.165) is 0 Å². The Morgan fingerprint density at radius 1 is 1.62 bits per heavy atom. The Bertz CT molecular complexity index is 431. The average Bonchev–Trinajstić information content (AvgIpc) is 2.21. The molecule has 0 aliphatic heterocycles. The van der Waals surface area contributed by atoms with Crippen molar-refractivity contribution in [3.8, 4) is 5.75 Å². The van der Waals surface area contributed by atoms with Crippen molar-refractivity contribution in [2.24, 2.45) is 5.73 Å². The molecule has 5 heteroatoms. The van der Waals surface area contributed by atoms with Crippen LogP contribution in [0.4, 0.5) is 0 Å². The molecular weight excluding hydrogens is 274 g/mol. The maximum atomic E-state index is 11.0. The maximum absolute atomic E-state index is 11.0. The average molecular weight is 286 g/mol. The van der Waals surface area contributed by atoms with Gasteiger partial charge in [0.25, 0.3) is 0 Å². The minimum absolute atomic E-state index is 0.00931. The summed E-state index contributed by atoms with van der Waals surface area (Å²) in [5.74, 6) is -1.24. The van der Waals surface area contributed by atoms with Crippen LogP contribution in [0.3, 0.4) is 0 Å². The van der Waals surface area contributed by atoms with Crippen molar-refractivity contribution in [1.82, 2.24) is 0 Å². The highest BCUT2D eigenvalue weighted by Crippen LogP contribution is 2.35. The lowest BCUT2D eigenvalue weighted by Crippen LogP contribution is -2.14. The zero-order valence-corrected chi connectivity index (χ0v) is 10.1. The van der Waals surface area contributed by atoms with Gasteiger partial charge in [-0.2, -0.15) is 0 Å². The van der Waals surface area contributed by atoms with E-state index >= 15 is 0 Å². The molecule has 0 aliphatic carbocycles. The summed E-state index contributed by atoms with van der Waals surface area (Å²) in [6.07, 6.45) is 1.97. The number of aromatic carboxylic acids is 1. The number of aromatic hydroxyl groups is 1. The zero-order valence-electron chi connectivity index (χ0n) is 8.48. The van der Waals surface area contributed by atoms with Gasteiger partial charge < -0.3 is 15.9 Å². The molecule has 1 atom stereocenters. The van der Waals surface area contributed by atoms with Gasteiger partial charge in [0.1, 0.15) is 5.75 Å². The van der Waals surface area contributed by atoms with Crippen LogP contribution in [0, 0.1) is 0 Å². The lowest BCUT2D eigenvalue weighted by Gasteiger charge is -2.15. The fourth-order valence-electron chi connectivity index (χ4n) is 1.44. The molecule has 1 aromatic carbocycles. The van der Waals surface area contributed by atoms with E-state index in [9.17, 15) is 9.90 Å². The SMILES string of the molecule is C=CC[C@@H](N)c1c(C(=O)O)ccc(Br)c1O. The van der Waals surface area contributed by atoms with Gasteiger partial charge in [-0.1, -0.05) is 6.08 Å². The quantitative estimate of drug-likeness (QED) is 0.742. The van der Waals surface area contributed by atoms with Crippen molar-refractivity contribution < 1.29 is 15.0 Å². The zero-order chi connectivity index (χ0) is 12.3.